The normalized spacial score (nSPS) is 9.79. The van der Waals surface area contributed by atoms with Crippen LogP contribution in [0.5, 0.6) is 0 Å². The molecule has 76 valence electrons. The minimum Gasteiger partial charge on any atom is -0.396 e. The van der Waals surface area contributed by atoms with Gasteiger partial charge in [-0.3, -0.25) is 9.78 Å². The van der Waals surface area contributed by atoms with Crippen LogP contribution in [0.3, 0.4) is 0 Å². The van der Waals surface area contributed by atoms with Crippen LogP contribution in [0.25, 0.3) is 0 Å². The molecule has 0 unspecified atom stereocenters. The van der Waals surface area contributed by atoms with Gasteiger partial charge in [-0.25, -0.2) is 0 Å². The lowest BCUT2D eigenvalue weighted by atomic mass is 10.3. The molecule has 1 aromatic heterocycles. The van der Waals surface area contributed by atoms with Gasteiger partial charge >= 0.3 is 0 Å². The summed E-state index contributed by atoms with van der Waals surface area (Å²) in [6, 6.07) is 1.77. The van der Waals surface area contributed by atoms with Crippen molar-refractivity contribution in [2.24, 2.45) is 5.73 Å². The molecule has 0 atom stereocenters. The molecule has 0 radical (unpaired) electrons. The zero-order valence-corrected chi connectivity index (χ0v) is 8.10. The molecule has 1 heterocycles. The molecule has 0 spiro atoms. The number of primary amides is 1. The molecule has 4 N–H and O–H groups in total. The lowest BCUT2D eigenvalue weighted by molar-refractivity contribution is -0.116. The molecule has 0 bridgehead atoms. The van der Waals surface area contributed by atoms with E-state index in [9.17, 15) is 4.79 Å². The maximum absolute atomic E-state index is 10.8. The van der Waals surface area contributed by atoms with E-state index in [0.29, 0.717) is 12.2 Å². The first kappa shape index (κ1) is 10.3. The van der Waals surface area contributed by atoms with Gasteiger partial charge in [0.15, 0.2) is 0 Å². The van der Waals surface area contributed by atoms with Crippen LogP contribution in [-0.2, 0) is 4.79 Å². The van der Waals surface area contributed by atoms with Gasteiger partial charge in [-0.15, -0.1) is 0 Å². The minimum atomic E-state index is -0.372. The lowest BCUT2D eigenvalue weighted by Crippen LogP contribution is -2.34. The van der Waals surface area contributed by atoms with Crippen LogP contribution in [0.15, 0.2) is 18.5 Å². The minimum absolute atomic E-state index is 0.171. The first-order valence-corrected chi connectivity index (χ1v) is 4.38. The van der Waals surface area contributed by atoms with Crippen LogP contribution in [0.2, 0.25) is 0 Å². The number of anilines is 2. The highest BCUT2D eigenvalue weighted by Gasteiger charge is 2.09. The topological polar surface area (TPSA) is 85.2 Å². The predicted molar refractivity (Wildman–Crippen MR) is 55.7 cm³/mol. The SMILES string of the molecule is CCN(CC(N)=O)c1ccncc1N. The van der Waals surface area contributed by atoms with Crippen LogP contribution in [0.4, 0.5) is 11.4 Å². The maximum Gasteiger partial charge on any atom is 0.236 e. The van der Waals surface area contributed by atoms with E-state index in [0.717, 1.165) is 5.69 Å². The van der Waals surface area contributed by atoms with Gasteiger partial charge in [-0.05, 0) is 13.0 Å². The number of pyridine rings is 1. The smallest absolute Gasteiger partial charge is 0.236 e. The van der Waals surface area contributed by atoms with Crippen molar-refractivity contribution in [1.82, 2.24) is 4.98 Å². The Morgan fingerprint density at radius 1 is 1.64 bits per heavy atom. The summed E-state index contributed by atoms with van der Waals surface area (Å²) in [5.74, 6) is -0.372. The summed E-state index contributed by atoms with van der Waals surface area (Å²) >= 11 is 0. The highest BCUT2D eigenvalue weighted by atomic mass is 16.1. The van der Waals surface area contributed by atoms with Crippen molar-refractivity contribution < 1.29 is 4.79 Å². The fourth-order valence-corrected chi connectivity index (χ4v) is 1.24. The van der Waals surface area contributed by atoms with Crippen molar-refractivity contribution in [2.75, 3.05) is 23.7 Å². The van der Waals surface area contributed by atoms with E-state index in [2.05, 4.69) is 4.98 Å². The van der Waals surface area contributed by atoms with E-state index in [1.807, 2.05) is 6.92 Å². The number of rotatable bonds is 4. The fourth-order valence-electron chi connectivity index (χ4n) is 1.24. The number of likely N-dealkylation sites (N-methyl/N-ethyl adjacent to an activating group) is 1. The summed E-state index contributed by atoms with van der Waals surface area (Å²) < 4.78 is 0. The Labute approximate surface area is 82.7 Å². The van der Waals surface area contributed by atoms with E-state index < -0.39 is 0 Å². The number of aromatic nitrogens is 1. The van der Waals surface area contributed by atoms with Gasteiger partial charge in [0.25, 0.3) is 0 Å². The van der Waals surface area contributed by atoms with Gasteiger partial charge < -0.3 is 16.4 Å². The summed E-state index contributed by atoms with van der Waals surface area (Å²) in [4.78, 5) is 16.5. The summed E-state index contributed by atoms with van der Waals surface area (Å²) in [5, 5.41) is 0. The number of hydrogen-bond acceptors (Lipinski definition) is 4. The van der Waals surface area contributed by atoms with Crippen LogP contribution in [0, 0.1) is 0 Å². The zero-order chi connectivity index (χ0) is 10.6. The summed E-state index contributed by atoms with van der Waals surface area (Å²) in [5.41, 5.74) is 12.2. The molecule has 0 fully saturated rings. The molecule has 5 nitrogen and oxygen atoms in total. The molecule has 1 aromatic rings. The monoisotopic (exact) mass is 194 g/mol. The van der Waals surface area contributed by atoms with Crippen LogP contribution in [0.1, 0.15) is 6.92 Å². The van der Waals surface area contributed by atoms with Gasteiger partial charge in [-0.1, -0.05) is 0 Å². The second-order valence-corrected chi connectivity index (χ2v) is 2.91. The van der Waals surface area contributed by atoms with Crippen molar-refractivity contribution in [3.63, 3.8) is 0 Å². The van der Waals surface area contributed by atoms with E-state index in [1.165, 1.54) is 0 Å². The summed E-state index contributed by atoms with van der Waals surface area (Å²) in [6.45, 7) is 2.78. The molecular weight excluding hydrogens is 180 g/mol. The van der Waals surface area contributed by atoms with Gasteiger partial charge in [-0.2, -0.15) is 0 Å². The first-order chi connectivity index (χ1) is 6.65. The van der Waals surface area contributed by atoms with Gasteiger partial charge in [0.2, 0.25) is 5.91 Å². The lowest BCUT2D eigenvalue weighted by Gasteiger charge is -2.22. The van der Waals surface area contributed by atoms with Crippen molar-refractivity contribution in [3.05, 3.63) is 18.5 Å². The molecular formula is C9H14N4O. The van der Waals surface area contributed by atoms with Crippen molar-refractivity contribution in [2.45, 2.75) is 6.92 Å². The first-order valence-electron chi connectivity index (χ1n) is 4.38. The van der Waals surface area contributed by atoms with E-state index in [1.54, 1.807) is 23.4 Å². The highest BCUT2D eigenvalue weighted by molar-refractivity contribution is 5.81. The summed E-state index contributed by atoms with van der Waals surface area (Å²) in [6.07, 6.45) is 3.19. The van der Waals surface area contributed by atoms with Gasteiger partial charge in [0.1, 0.15) is 0 Å². The Kier molecular flexibility index (Phi) is 3.28. The number of nitrogen functional groups attached to an aromatic ring is 1. The van der Waals surface area contributed by atoms with Crippen LogP contribution in [-0.4, -0.2) is 24.0 Å². The predicted octanol–water partition coefficient (Wildman–Crippen LogP) is -0.0246. The second kappa shape index (κ2) is 4.45. The second-order valence-electron chi connectivity index (χ2n) is 2.91. The number of amides is 1. The Bertz CT molecular complexity index is 326. The highest BCUT2D eigenvalue weighted by Crippen LogP contribution is 2.20. The number of nitrogens with two attached hydrogens (primary N) is 2. The molecule has 0 aliphatic carbocycles. The zero-order valence-electron chi connectivity index (χ0n) is 8.10. The van der Waals surface area contributed by atoms with Crippen LogP contribution >= 0.6 is 0 Å². The largest absolute Gasteiger partial charge is 0.396 e. The third-order valence-electron chi connectivity index (χ3n) is 1.90. The van der Waals surface area contributed by atoms with Crippen LogP contribution < -0.4 is 16.4 Å². The third kappa shape index (κ3) is 2.35. The van der Waals surface area contributed by atoms with Gasteiger partial charge in [0, 0.05) is 12.7 Å². The molecule has 0 saturated heterocycles. The standard InChI is InChI=1S/C9H14N4O/c1-2-13(6-9(11)14)8-3-4-12-5-7(8)10/h3-5H,2,6,10H2,1H3,(H2,11,14). The van der Waals surface area contributed by atoms with E-state index in [-0.39, 0.29) is 12.5 Å². The molecule has 1 amide bonds. The Balaban J connectivity index is 2.89. The average Bonchev–Trinajstić information content (AvgIpc) is 2.15. The maximum atomic E-state index is 10.8. The molecule has 5 heteroatoms. The Morgan fingerprint density at radius 2 is 2.36 bits per heavy atom. The Hall–Kier alpha value is -1.78. The molecule has 0 aromatic carbocycles. The average molecular weight is 194 g/mol. The molecule has 1 rings (SSSR count). The van der Waals surface area contributed by atoms with Gasteiger partial charge in [0.05, 0.1) is 24.1 Å². The number of nitrogens with zero attached hydrogens (tertiary/aromatic N) is 2. The fraction of sp³-hybridized carbons (Fsp3) is 0.333. The molecule has 0 saturated carbocycles. The quantitative estimate of drug-likeness (QED) is 0.705. The number of carbonyl (C=O) groups is 1. The van der Waals surface area contributed by atoms with E-state index >= 15 is 0 Å². The number of carbonyl (C=O) groups excluding carboxylic acids is 1. The molecule has 14 heavy (non-hydrogen) atoms. The van der Waals surface area contributed by atoms with E-state index in [4.69, 9.17) is 11.5 Å². The summed E-state index contributed by atoms with van der Waals surface area (Å²) in [7, 11) is 0. The van der Waals surface area contributed by atoms with Crippen molar-refractivity contribution in [1.29, 1.82) is 0 Å². The third-order valence-corrected chi connectivity index (χ3v) is 1.90. The van der Waals surface area contributed by atoms with Crippen molar-refractivity contribution in [3.8, 4) is 0 Å². The molecule has 0 aliphatic heterocycles. The Morgan fingerprint density at radius 3 is 2.86 bits per heavy atom. The van der Waals surface area contributed by atoms with Crippen molar-refractivity contribution >= 4 is 17.3 Å². The number of hydrogen-bond donors (Lipinski definition) is 2. The molecule has 0 aliphatic rings.